The van der Waals surface area contributed by atoms with Crippen molar-refractivity contribution >= 4 is 5.97 Å². The monoisotopic (exact) mass is 282 g/mol. The van der Waals surface area contributed by atoms with Crippen molar-refractivity contribution in [2.24, 2.45) is 5.92 Å². The number of hydrogen-bond donors (Lipinski definition) is 3. The third-order valence-corrected chi connectivity index (χ3v) is 3.74. The van der Waals surface area contributed by atoms with Crippen molar-refractivity contribution in [2.75, 3.05) is 33.7 Å². The average molecular weight is 282 g/mol. The molecule has 1 atom stereocenters. The first-order chi connectivity index (χ1) is 9.45. The number of nitrogens with one attached hydrogen (secondary N) is 2. The molecule has 2 heterocycles. The molecule has 20 heavy (non-hydrogen) atoms. The topological polar surface area (TPSA) is 92.4 Å². The van der Waals surface area contributed by atoms with Crippen LogP contribution >= 0.6 is 0 Å². The van der Waals surface area contributed by atoms with Gasteiger partial charge in [-0.3, -0.25) is 4.98 Å². The number of imidazole rings is 1. The number of nitrogens with zero attached hydrogens (tertiary/aromatic N) is 2. The maximum absolute atomic E-state index is 11.2. The van der Waals surface area contributed by atoms with Crippen LogP contribution in [0.15, 0.2) is 4.79 Å². The van der Waals surface area contributed by atoms with Gasteiger partial charge in [0.15, 0.2) is 0 Å². The summed E-state index contributed by atoms with van der Waals surface area (Å²) in [6, 6.07) is 0. The van der Waals surface area contributed by atoms with Crippen molar-refractivity contribution in [3.63, 3.8) is 0 Å². The number of carboxylic acids is 1. The zero-order chi connectivity index (χ0) is 14.7. The first kappa shape index (κ1) is 14.8. The number of likely N-dealkylation sites (tertiary alicyclic amines) is 1. The largest absolute Gasteiger partial charge is 0.477 e. The van der Waals surface area contributed by atoms with E-state index in [0.29, 0.717) is 18.2 Å². The van der Waals surface area contributed by atoms with Gasteiger partial charge in [0.25, 0.3) is 0 Å². The van der Waals surface area contributed by atoms with E-state index < -0.39 is 11.7 Å². The van der Waals surface area contributed by atoms with Gasteiger partial charge in [-0.1, -0.05) is 0 Å². The van der Waals surface area contributed by atoms with Gasteiger partial charge in [-0.05, 0) is 39.4 Å². The molecule has 0 saturated carbocycles. The lowest BCUT2D eigenvalue weighted by atomic mass is 9.98. The molecular weight excluding hydrogens is 260 g/mol. The Balaban J connectivity index is 1.95. The first-order valence-electron chi connectivity index (χ1n) is 6.87. The summed E-state index contributed by atoms with van der Waals surface area (Å²) in [7, 11) is 4.07. The fourth-order valence-electron chi connectivity index (χ4n) is 2.92. The number of carboxylic acid groups (broad SMARTS) is 1. The van der Waals surface area contributed by atoms with Crippen LogP contribution in [0.1, 0.15) is 29.0 Å². The molecule has 0 bridgehead atoms. The summed E-state index contributed by atoms with van der Waals surface area (Å²) in [5, 5.41) is 9.03. The number of aromatic nitrogens is 2. The maximum Gasteiger partial charge on any atom is 0.354 e. The lowest BCUT2D eigenvalue weighted by Crippen LogP contribution is -2.38. The molecule has 0 aromatic carbocycles. The van der Waals surface area contributed by atoms with Crippen molar-refractivity contribution in [3.05, 3.63) is 21.9 Å². The summed E-state index contributed by atoms with van der Waals surface area (Å²) in [5.41, 5.74) is -0.0695. The van der Waals surface area contributed by atoms with Crippen LogP contribution in [0.2, 0.25) is 0 Å². The molecule has 1 fully saturated rings. The van der Waals surface area contributed by atoms with Gasteiger partial charge in [-0.25, -0.2) is 9.59 Å². The van der Waals surface area contributed by atoms with Gasteiger partial charge >= 0.3 is 11.7 Å². The molecule has 1 aliphatic rings. The van der Waals surface area contributed by atoms with Crippen LogP contribution in [-0.2, 0) is 6.54 Å². The molecule has 1 saturated heterocycles. The summed E-state index contributed by atoms with van der Waals surface area (Å²) in [4.78, 5) is 31.5. The van der Waals surface area contributed by atoms with Gasteiger partial charge in [0.2, 0.25) is 0 Å². The van der Waals surface area contributed by atoms with Crippen molar-refractivity contribution in [1.82, 2.24) is 19.8 Å². The number of hydrogen-bond acceptors (Lipinski definition) is 4. The minimum atomic E-state index is -1.11. The number of piperidine rings is 1. The van der Waals surface area contributed by atoms with E-state index in [1.54, 1.807) is 0 Å². The predicted molar refractivity (Wildman–Crippen MR) is 74.9 cm³/mol. The van der Waals surface area contributed by atoms with Gasteiger partial charge in [-0.2, -0.15) is 0 Å². The van der Waals surface area contributed by atoms with E-state index in [0.717, 1.165) is 19.6 Å². The molecule has 112 valence electrons. The SMILES string of the molecule is CN1CCC[C@H](CN(C)Cc2[nH]c(=O)[nH]c2C(=O)O)C1. The zero-order valence-electron chi connectivity index (χ0n) is 12.0. The van der Waals surface area contributed by atoms with Gasteiger partial charge in [0.05, 0.1) is 5.69 Å². The normalized spacial score (nSPS) is 20.4. The molecule has 0 spiro atoms. The van der Waals surface area contributed by atoms with Crippen LogP contribution in [0, 0.1) is 5.92 Å². The molecule has 3 N–H and O–H groups in total. The molecule has 2 rings (SSSR count). The molecule has 0 aliphatic carbocycles. The van der Waals surface area contributed by atoms with E-state index in [-0.39, 0.29) is 5.69 Å². The molecule has 0 unspecified atom stereocenters. The summed E-state index contributed by atoms with van der Waals surface area (Å²) < 4.78 is 0. The Morgan fingerprint density at radius 2 is 2.25 bits per heavy atom. The van der Waals surface area contributed by atoms with Crippen LogP contribution in [0.5, 0.6) is 0 Å². The van der Waals surface area contributed by atoms with E-state index in [9.17, 15) is 9.59 Å². The molecule has 0 radical (unpaired) electrons. The molecule has 0 amide bonds. The fourth-order valence-corrected chi connectivity index (χ4v) is 2.92. The van der Waals surface area contributed by atoms with Gasteiger partial charge in [-0.15, -0.1) is 0 Å². The third kappa shape index (κ3) is 3.71. The Morgan fingerprint density at radius 1 is 1.50 bits per heavy atom. The Morgan fingerprint density at radius 3 is 2.90 bits per heavy atom. The zero-order valence-corrected chi connectivity index (χ0v) is 12.0. The summed E-state index contributed by atoms with van der Waals surface area (Å²) in [5.74, 6) is -0.512. The second-order valence-electron chi connectivity index (χ2n) is 5.71. The van der Waals surface area contributed by atoms with Crippen molar-refractivity contribution in [2.45, 2.75) is 19.4 Å². The highest BCUT2D eigenvalue weighted by molar-refractivity contribution is 5.86. The van der Waals surface area contributed by atoms with Crippen LogP contribution < -0.4 is 5.69 Å². The average Bonchev–Trinajstić information content (AvgIpc) is 2.70. The highest BCUT2D eigenvalue weighted by Crippen LogP contribution is 2.16. The lowest BCUT2D eigenvalue weighted by Gasteiger charge is -2.32. The standard InChI is InChI=1S/C13H22N4O3/c1-16-5-3-4-9(6-16)7-17(2)8-10-11(12(18)19)15-13(20)14-10/h9H,3-8H2,1-2H3,(H,18,19)(H2,14,15,20)/t9-/m0/s1. The van der Waals surface area contributed by atoms with Crippen LogP contribution in [0.4, 0.5) is 0 Å². The van der Waals surface area contributed by atoms with Gasteiger partial charge in [0.1, 0.15) is 5.69 Å². The van der Waals surface area contributed by atoms with E-state index in [1.165, 1.54) is 12.8 Å². The molecule has 7 nitrogen and oxygen atoms in total. The quantitative estimate of drug-likeness (QED) is 0.716. The van der Waals surface area contributed by atoms with Crippen LogP contribution in [0.25, 0.3) is 0 Å². The molecule has 1 aromatic rings. The second kappa shape index (κ2) is 6.23. The minimum Gasteiger partial charge on any atom is -0.477 e. The van der Waals surface area contributed by atoms with Gasteiger partial charge in [0, 0.05) is 19.6 Å². The smallest absolute Gasteiger partial charge is 0.354 e. The summed E-state index contributed by atoms with van der Waals surface area (Å²) in [6.07, 6.45) is 2.40. The van der Waals surface area contributed by atoms with Crippen molar-refractivity contribution in [1.29, 1.82) is 0 Å². The minimum absolute atomic E-state index is 0.0392. The Labute approximate surface area is 117 Å². The number of aromatic carboxylic acids is 1. The Hall–Kier alpha value is -1.60. The van der Waals surface area contributed by atoms with E-state index in [4.69, 9.17) is 5.11 Å². The molecule has 1 aliphatic heterocycles. The lowest BCUT2D eigenvalue weighted by molar-refractivity contribution is 0.0688. The maximum atomic E-state index is 11.2. The van der Waals surface area contributed by atoms with Crippen molar-refractivity contribution in [3.8, 4) is 0 Å². The van der Waals surface area contributed by atoms with E-state index in [1.807, 2.05) is 7.05 Å². The van der Waals surface area contributed by atoms with E-state index in [2.05, 4.69) is 26.8 Å². The molecule has 7 heteroatoms. The Bertz CT molecular complexity index is 522. The molecular formula is C13H22N4O3. The fraction of sp³-hybridized carbons (Fsp3) is 0.692. The predicted octanol–water partition coefficient (Wildman–Crippen LogP) is 0.175. The highest BCUT2D eigenvalue weighted by atomic mass is 16.4. The number of H-pyrrole nitrogens is 2. The molecule has 1 aromatic heterocycles. The first-order valence-corrected chi connectivity index (χ1v) is 6.87. The van der Waals surface area contributed by atoms with Crippen LogP contribution in [0.3, 0.4) is 0 Å². The van der Waals surface area contributed by atoms with E-state index >= 15 is 0 Å². The highest BCUT2D eigenvalue weighted by Gasteiger charge is 2.20. The summed E-state index contributed by atoms with van der Waals surface area (Å²) in [6.45, 7) is 3.55. The Kier molecular flexibility index (Phi) is 4.61. The second-order valence-corrected chi connectivity index (χ2v) is 5.71. The van der Waals surface area contributed by atoms with Crippen molar-refractivity contribution < 1.29 is 9.90 Å². The number of rotatable bonds is 5. The van der Waals surface area contributed by atoms with Gasteiger partial charge < -0.3 is 19.9 Å². The van der Waals surface area contributed by atoms with Crippen LogP contribution in [-0.4, -0.2) is 64.6 Å². The summed E-state index contributed by atoms with van der Waals surface area (Å²) >= 11 is 0. The number of carbonyl (C=O) groups is 1. The third-order valence-electron chi connectivity index (χ3n) is 3.74. The number of aromatic amines is 2.